The molecule has 0 aliphatic heterocycles. The van der Waals surface area contributed by atoms with E-state index in [-0.39, 0.29) is 12.2 Å². The minimum absolute atomic E-state index is 0.0753. The van der Waals surface area contributed by atoms with E-state index in [0.29, 0.717) is 19.4 Å². The number of carbonyl (C=O) groups is 2. The first-order chi connectivity index (χ1) is 11.0. The fourth-order valence-corrected chi connectivity index (χ4v) is 2.96. The molecule has 0 fully saturated rings. The highest BCUT2D eigenvalue weighted by Crippen LogP contribution is 2.25. The number of hydrogen-bond donors (Lipinski definition) is 2. The molecule has 0 aliphatic carbocycles. The Morgan fingerprint density at radius 2 is 2.13 bits per heavy atom. The summed E-state index contributed by atoms with van der Waals surface area (Å²) < 4.78 is 1.59. The monoisotopic (exact) mass is 336 g/mol. The molecule has 23 heavy (non-hydrogen) atoms. The van der Waals surface area contributed by atoms with Crippen LogP contribution in [0.15, 0.2) is 23.7 Å². The van der Waals surface area contributed by atoms with Crippen LogP contribution >= 0.6 is 11.3 Å². The molecule has 124 valence electrons. The van der Waals surface area contributed by atoms with Gasteiger partial charge in [0.2, 0.25) is 0 Å². The predicted octanol–water partition coefficient (Wildman–Crippen LogP) is 2.01. The molecular formula is C15H20N4O3S. The first-order valence-corrected chi connectivity index (χ1v) is 8.33. The Kier molecular flexibility index (Phi) is 5.49. The van der Waals surface area contributed by atoms with Gasteiger partial charge in [0.15, 0.2) is 5.69 Å². The molecule has 8 heteroatoms. The lowest BCUT2D eigenvalue weighted by molar-refractivity contribution is -0.149. The zero-order valence-electron chi connectivity index (χ0n) is 13.2. The number of amides is 1. The van der Waals surface area contributed by atoms with Crippen molar-refractivity contribution < 1.29 is 14.7 Å². The standard InChI is InChI=1S/C15H20N4O3S/c1-3-15(4-2,14(21)22)10-16-13(20)12-9-19(18-17-12)8-11-6-5-7-23-11/h5-7,9H,3-4,8,10H2,1-2H3,(H,16,20)(H,21,22). The topological polar surface area (TPSA) is 97.1 Å². The van der Waals surface area contributed by atoms with Gasteiger partial charge in [0, 0.05) is 11.4 Å². The second-order valence-corrected chi connectivity index (χ2v) is 6.39. The van der Waals surface area contributed by atoms with Crippen molar-refractivity contribution in [3.63, 3.8) is 0 Å². The zero-order chi connectivity index (χ0) is 16.9. The Labute approximate surface area is 138 Å². The van der Waals surface area contributed by atoms with Crippen LogP contribution in [0, 0.1) is 5.41 Å². The van der Waals surface area contributed by atoms with E-state index in [4.69, 9.17) is 0 Å². The highest BCUT2D eigenvalue weighted by Gasteiger charge is 2.35. The third-order valence-electron chi connectivity index (χ3n) is 4.06. The van der Waals surface area contributed by atoms with Crippen molar-refractivity contribution in [2.75, 3.05) is 6.54 Å². The van der Waals surface area contributed by atoms with Crippen molar-refractivity contribution in [2.45, 2.75) is 33.2 Å². The van der Waals surface area contributed by atoms with Crippen molar-refractivity contribution in [2.24, 2.45) is 5.41 Å². The lowest BCUT2D eigenvalue weighted by Crippen LogP contribution is -2.42. The summed E-state index contributed by atoms with van der Waals surface area (Å²) in [5, 5.41) is 21.8. The van der Waals surface area contributed by atoms with Gasteiger partial charge in [-0.05, 0) is 24.3 Å². The molecule has 2 rings (SSSR count). The summed E-state index contributed by atoms with van der Waals surface area (Å²) in [7, 11) is 0. The van der Waals surface area contributed by atoms with Gasteiger partial charge in [-0.2, -0.15) is 0 Å². The fourth-order valence-electron chi connectivity index (χ4n) is 2.26. The molecule has 1 amide bonds. The van der Waals surface area contributed by atoms with Crippen LogP contribution in [0.25, 0.3) is 0 Å². The van der Waals surface area contributed by atoms with Crippen LogP contribution in [0.2, 0.25) is 0 Å². The summed E-state index contributed by atoms with van der Waals surface area (Å²) in [4.78, 5) is 24.7. The smallest absolute Gasteiger partial charge is 0.311 e. The molecule has 2 aromatic rings. The van der Waals surface area contributed by atoms with Crippen LogP contribution < -0.4 is 5.32 Å². The van der Waals surface area contributed by atoms with Crippen LogP contribution in [0.4, 0.5) is 0 Å². The molecule has 0 radical (unpaired) electrons. The van der Waals surface area contributed by atoms with Crippen molar-refractivity contribution in [1.82, 2.24) is 20.3 Å². The van der Waals surface area contributed by atoms with E-state index in [9.17, 15) is 14.7 Å². The third-order valence-corrected chi connectivity index (χ3v) is 4.92. The number of aliphatic carboxylic acids is 1. The maximum atomic E-state index is 12.1. The van der Waals surface area contributed by atoms with Gasteiger partial charge in [-0.3, -0.25) is 9.59 Å². The zero-order valence-corrected chi connectivity index (χ0v) is 14.0. The fraction of sp³-hybridized carbons (Fsp3) is 0.467. The highest BCUT2D eigenvalue weighted by atomic mass is 32.1. The van der Waals surface area contributed by atoms with E-state index in [2.05, 4.69) is 15.6 Å². The summed E-state index contributed by atoms with van der Waals surface area (Å²) in [5.74, 6) is -1.31. The highest BCUT2D eigenvalue weighted by molar-refractivity contribution is 7.09. The summed E-state index contributed by atoms with van der Waals surface area (Å²) in [6.07, 6.45) is 2.46. The predicted molar refractivity (Wildman–Crippen MR) is 86.4 cm³/mol. The number of carbonyl (C=O) groups excluding carboxylic acids is 1. The summed E-state index contributed by atoms with van der Waals surface area (Å²) in [6, 6.07) is 3.93. The Bertz CT molecular complexity index is 662. The van der Waals surface area contributed by atoms with Gasteiger partial charge in [0.25, 0.3) is 5.91 Å². The van der Waals surface area contributed by atoms with Gasteiger partial charge in [-0.15, -0.1) is 16.4 Å². The molecule has 2 aromatic heterocycles. The molecular weight excluding hydrogens is 316 g/mol. The molecule has 0 unspecified atom stereocenters. The first-order valence-electron chi connectivity index (χ1n) is 7.45. The van der Waals surface area contributed by atoms with Gasteiger partial charge in [0.05, 0.1) is 18.2 Å². The molecule has 7 nitrogen and oxygen atoms in total. The van der Waals surface area contributed by atoms with Crippen LogP contribution in [0.1, 0.15) is 42.1 Å². The summed E-state index contributed by atoms with van der Waals surface area (Å²) in [5.41, 5.74) is -0.754. The number of carboxylic acid groups (broad SMARTS) is 1. The van der Waals surface area contributed by atoms with E-state index >= 15 is 0 Å². The Morgan fingerprint density at radius 1 is 1.39 bits per heavy atom. The second-order valence-electron chi connectivity index (χ2n) is 5.36. The lowest BCUT2D eigenvalue weighted by atomic mass is 9.82. The van der Waals surface area contributed by atoms with E-state index in [1.165, 1.54) is 0 Å². The van der Waals surface area contributed by atoms with Gasteiger partial charge in [-0.25, -0.2) is 4.68 Å². The van der Waals surface area contributed by atoms with E-state index < -0.39 is 17.3 Å². The quantitative estimate of drug-likeness (QED) is 0.768. The van der Waals surface area contributed by atoms with Crippen LogP contribution in [-0.2, 0) is 11.3 Å². The normalized spacial score (nSPS) is 11.4. The molecule has 2 heterocycles. The number of rotatable bonds is 8. The van der Waals surface area contributed by atoms with Crippen molar-refractivity contribution in [1.29, 1.82) is 0 Å². The number of nitrogens with one attached hydrogen (secondary N) is 1. The summed E-state index contributed by atoms with van der Waals surface area (Å²) in [6.45, 7) is 4.25. The molecule has 0 aliphatic rings. The molecule has 2 N–H and O–H groups in total. The molecule has 0 saturated heterocycles. The van der Waals surface area contributed by atoms with Crippen molar-refractivity contribution in [3.8, 4) is 0 Å². The van der Waals surface area contributed by atoms with Gasteiger partial charge in [0.1, 0.15) is 0 Å². The van der Waals surface area contributed by atoms with Gasteiger partial charge >= 0.3 is 5.97 Å². The second kappa shape index (κ2) is 7.36. The largest absolute Gasteiger partial charge is 0.481 e. The van der Waals surface area contributed by atoms with Crippen LogP contribution in [-0.4, -0.2) is 38.5 Å². The average molecular weight is 336 g/mol. The number of carboxylic acids is 1. The van der Waals surface area contributed by atoms with Crippen LogP contribution in [0.3, 0.4) is 0 Å². The van der Waals surface area contributed by atoms with E-state index in [1.54, 1.807) is 36.1 Å². The maximum Gasteiger partial charge on any atom is 0.311 e. The Hall–Kier alpha value is -2.22. The molecule has 0 bridgehead atoms. The van der Waals surface area contributed by atoms with Crippen molar-refractivity contribution in [3.05, 3.63) is 34.3 Å². The van der Waals surface area contributed by atoms with Crippen molar-refractivity contribution >= 4 is 23.2 Å². The van der Waals surface area contributed by atoms with E-state index in [1.807, 2.05) is 17.5 Å². The number of nitrogens with zero attached hydrogens (tertiary/aromatic N) is 3. The van der Waals surface area contributed by atoms with E-state index in [0.717, 1.165) is 4.88 Å². The number of thiophene rings is 1. The minimum atomic E-state index is -0.942. The van der Waals surface area contributed by atoms with Gasteiger partial charge < -0.3 is 10.4 Å². The van der Waals surface area contributed by atoms with Crippen LogP contribution in [0.5, 0.6) is 0 Å². The molecule has 0 spiro atoms. The average Bonchev–Trinajstić information content (AvgIpc) is 3.20. The molecule has 0 aromatic carbocycles. The number of hydrogen-bond acceptors (Lipinski definition) is 5. The molecule has 0 atom stereocenters. The Balaban J connectivity index is 1.98. The Morgan fingerprint density at radius 3 is 2.70 bits per heavy atom. The van der Waals surface area contributed by atoms with Gasteiger partial charge in [-0.1, -0.05) is 25.1 Å². The number of aromatic nitrogens is 3. The SMILES string of the molecule is CCC(CC)(CNC(=O)c1cn(Cc2cccs2)nn1)C(=O)O. The third kappa shape index (κ3) is 3.95. The maximum absolute atomic E-state index is 12.1. The molecule has 0 saturated carbocycles. The lowest BCUT2D eigenvalue weighted by Gasteiger charge is -2.26. The first kappa shape index (κ1) is 17.1. The summed E-state index contributed by atoms with van der Waals surface area (Å²) >= 11 is 1.60. The minimum Gasteiger partial charge on any atom is -0.481 e.